The van der Waals surface area contributed by atoms with E-state index in [2.05, 4.69) is 49.2 Å². The largest absolute Gasteiger partial charge is 0.381 e. The number of hydrogen-bond donors (Lipinski definition) is 2. The summed E-state index contributed by atoms with van der Waals surface area (Å²) >= 11 is 0. The number of morpholine rings is 1. The first kappa shape index (κ1) is 16.6. The van der Waals surface area contributed by atoms with E-state index in [1.807, 2.05) is 0 Å². The van der Waals surface area contributed by atoms with Crippen LogP contribution in [0.15, 0.2) is 18.2 Å². The number of nitrogens with one attached hydrogen (secondary N) is 1. The van der Waals surface area contributed by atoms with Crippen LogP contribution >= 0.6 is 0 Å². The zero-order valence-electron chi connectivity index (χ0n) is 14.7. The number of benzene rings is 1. The Morgan fingerprint density at radius 1 is 1.13 bits per heavy atom. The third-order valence-electron chi connectivity index (χ3n) is 5.16. The van der Waals surface area contributed by atoms with Crippen molar-refractivity contribution in [2.24, 2.45) is 5.73 Å². The molecule has 3 rings (SSSR count). The van der Waals surface area contributed by atoms with Crippen LogP contribution in [0, 0.1) is 6.92 Å². The van der Waals surface area contributed by atoms with E-state index >= 15 is 0 Å². The summed E-state index contributed by atoms with van der Waals surface area (Å²) in [5.74, 6) is 0. The maximum Gasteiger partial charge on any atom is 0.0726 e. The van der Waals surface area contributed by atoms with E-state index in [0.717, 1.165) is 19.5 Å². The van der Waals surface area contributed by atoms with E-state index in [1.54, 1.807) is 0 Å². The van der Waals surface area contributed by atoms with E-state index in [0.29, 0.717) is 6.04 Å². The molecular formula is C19H31N3O. The number of ether oxygens (including phenoxy) is 1. The number of rotatable bonds is 3. The third kappa shape index (κ3) is 3.99. The summed E-state index contributed by atoms with van der Waals surface area (Å²) < 4.78 is 5.84. The van der Waals surface area contributed by atoms with E-state index < -0.39 is 0 Å². The molecule has 0 aromatic heterocycles. The van der Waals surface area contributed by atoms with E-state index in [9.17, 15) is 0 Å². The molecule has 1 aliphatic heterocycles. The minimum absolute atomic E-state index is 0.281. The normalized spacial score (nSPS) is 31.9. The zero-order valence-corrected chi connectivity index (χ0v) is 14.7. The van der Waals surface area contributed by atoms with Crippen LogP contribution in [-0.4, -0.2) is 37.4 Å². The van der Waals surface area contributed by atoms with Crippen molar-refractivity contribution in [3.05, 3.63) is 23.8 Å². The predicted octanol–water partition coefficient (Wildman–Crippen LogP) is 3.29. The first-order valence-corrected chi connectivity index (χ1v) is 9.06. The first-order valence-electron chi connectivity index (χ1n) is 9.06. The smallest absolute Gasteiger partial charge is 0.0726 e. The highest BCUT2D eigenvalue weighted by Crippen LogP contribution is 2.28. The molecule has 23 heavy (non-hydrogen) atoms. The van der Waals surface area contributed by atoms with Crippen LogP contribution in [0.5, 0.6) is 0 Å². The van der Waals surface area contributed by atoms with Crippen LogP contribution in [-0.2, 0) is 4.74 Å². The highest BCUT2D eigenvalue weighted by molar-refractivity contribution is 5.61. The molecule has 128 valence electrons. The Bertz CT molecular complexity index is 523. The van der Waals surface area contributed by atoms with Crippen molar-refractivity contribution in [1.29, 1.82) is 0 Å². The lowest BCUT2D eigenvalue weighted by atomic mass is 9.90. The SMILES string of the molecule is Cc1cc(N2CC(C)OC(C)C2)ccc1NC1CCCCC1N. The number of anilines is 2. The van der Waals surface area contributed by atoms with Gasteiger partial charge in [0.2, 0.25) is 0 Å². The molecule has 0 bridgehead atoms. The molecular weight excluding hydrogens is 286 g/mol. The van der Waals surface area contributed by atoms with Crippen molar-refractivity contribution >= 4 is 11.4 Å². The van der Waals surface area contributed by atoms with Crippen molar-refractivity contribution in [2.75, 3.05) is 23.3 Å². The van der Waals surface area contributed by atoms with E-state index in [1.165, 1.54) is 36.2 Å². The predicted molar refractivity (Wildman–Crippen MR) is 97.3 cm³/mol. The fraction of sp³-hybridized carbons (Fsp3) is 0.684. The summed E-state index contributed by atoms with van der Waals surface area (Å²) in [7, 11) is 0. The molecule has 2 fully saturated rings. The van der Waals surface area contributed by atoms with Gasteiger partial charge in [0, 0.05) is 36.5 Å². The average Bonchev–Trinajstić information content (AvgIpc) is 2.50. The molecule has 4 unspecified atom stereocenters. The second-order valence-corrected chi connectivity index (χ2v) is 7.36. The first-order chi connectivity index (χ1) is 11.0. The van der Waals surface area contributed by atoms with Gasteiger partial charge in [0.05, 0.1) is 12.2 Å². The third-order valence-corrected chi connectivity index (χ3v) is 5.16. The van der Waals surface area contributed by atoms with Gasteiger partial charge >= 0.3 is 0 Å². The summed E-state index contributed by atoms with van der Waals surface area (Å²) in [4.78, 5) is 2.43. The zero-order chi connectivity index (χ0) is 16.4. The van der Waals surface area contributed by atoms with Crippen molar-refractivity contribution in [3.63, 3.8) is 0 Å². The summed E-state index contributed by atoms with van der Waals surface area (Å²) in [6, 6.07) is 7.44. The lowest BCUT2D eigenvalue weighted by Crippen LogP contribution is -2.45. The minimum Gasteiger partial charge on any atom is -0.381 e. The maximum absolute atomic E-state index is 6.27. The molecule has 1 aromatic carbocycles. The molecule has 1 saturated carbocycles. The van der Waals surface area contributed by atoms with Gasteiger partial charge in [-0.15, -0.1) is 0 Å². The number of nitrogens with zero attached hydrogens (tertiary/aromatic N) is 1. The second kappa shape index (κ2) is 7.10. The van der Waals surface area contributed by atoms with Crippen LogP contribution in [0.1, 0.15) is 45.1 Å². The lowest BCUT2D eigenvalue weighted by molar-refractivity contribution is -0.00521. The Morgan fingerprint density at radius 3 is 2.48 bits per heavy atom. The van der Waals surface area contributed by atoms with Crippen LogP contribution in [0.3, 0.4) is 0 Å². The summed E-state index contributed by atoms with van der Waals surface area (Å²) in [6.07, 6.45) is 5.45. The van der Waals surface area contributed by atoms with Gasteiger partial charge in [-0.05, 0) is 57.4 Å². The van der Waals surface area contributed by atoms with Gasteiger partial charge in [-0.1, -0.05) is 12.8 Å². The molecule has 4 nitrogen and oxygen atoms in total. The molecule has 2 aliphatic rings. The highest BCUT2D eigenvalue weighted by Gasteiger charge is 2.24. The molecule has 4 atom stereocenters. The van der Waals surface area contributed by atoms with Gasteiger partial charge < -0.3 is 20.7 Å². The molecule has 0 amide bonds. The van der Waals surface area contributed by atoms with Crippen molar-refractivity contribution in [1.82, 2.24) is 0 Å². The average molecular weight is 317 g/mol. The fourth-order valence-electron chi connectivity index (χ4n) is 3.93. The number of aryl methyl sites for hydroxylation is 1. The molecule has 1 aromatic rings. The number of hydrogen-bond acceptors (Lipinski definition) is 4. The molecule has 3 N–H and O–H groups in total. The minimum atomic E-state index is 0.281. The van der Waals surface area contributed by atoms with Gasteiger partial charge in [-0.25, -0.2) is 0 Å². The van der Waals surface area contributed by atoms with Crippen LogP contribution < -0.4 is 16.0 Å². The Kier molecular flexibility index (Phi) is 5.12. The van der Waals surface area contributed by atoms with Gasteiger partial charge in [-0.3, -0.25) is 0 Å². The van der Waals surface area contributed by atoms with Crippen LogP contribution in [0.25, 0.3) is 0 Å². The van der Waals surface area contributed by atoms with Crippen molar-refractivity contribution < 1.29 is 4.74 Å². The maximum atomic E-state index is 6.27. The Labute approximate surface area is 140 Å². The molecule has 0 radical (unpaired) electrons. The Balaban J connectivity index is 1.70. The van der Waals surface area contributed by atoms with E-state index in [-0.39, 0.29) is 18.2 Å². The van der Waals surface area contributed by atoms with Gasteiger partial charge in [0.1, 0.15) is 0 Å². The van der Waals surface area contributed by atoms with Gasteiger partial charge in [-0.2, -0.15) is 0 Å². The molecule has 0 spiro atoms. The van der Waals surface area contributed by atoms with Gasteiger partial charge in [0.25, 0.3) is 0 Å². The second-order valence-electron chi connectivity index (χ2n) is 7.36. The van der Waals surface area contributed by atoms with Crippen LogP contribution in [0.4, 0.5) is 11.4 Å². The van der Waals surface area contributed by atoms with Gasteiger partial charge in [0.15, 0.2) is 0 Å². The van der Waals surface area contributed by atoms with Crippen molar-refractivity contribution in [3.8, 4) is 0 Å². The topological polar surface area (TPSA) is 50.5 Å². The lowest BCUT2D eigenvalue weighted by Gasteiger charge is -2.37. The monoisotopic (exact) mass is 317 g/mol. The van der Waals surface area contributed by atoms with E-state index in [4.69, 9.17) is 10.5 Å². The summed E-state index contributed by atoms with van der Waals surface area (Å²) in [5.41, 5.74) is 10.1. The highest BCUT2D eigenvalue weighted by atomic mass is 16.5. The van der Waals surface area contributed by atoms with Crippen molar-refractivity contribution in [2.45, 2.75) is 70.7 Å². The van der Waals surface area contributed by atoms with Crippen LogP contribution in [0.2, 0.25) is 0 Å². The summed E-state index contributed by atoms with van der Waals surface area (Å²) in [6.45, 7) is 8.41. The molecule has 1 saturated heterocycles. The molecule has 4 heteroatoms. The molecule has 1 heterocycles. The Morgan fingerprint density at radius 2 is 1.83 bits per heavy atom. The quantitative estimate of drug-likeness (QED) is 0.898. The fourth-order valence-corrected chi connectivity index (χ4v) is 3.93. The Hall–Kier alpha value is -1.26. The summed E-state index contributed by atoms with van der Waals surface area (Å²) in [5, 5.41) is 3.68. The molecule has 1 aliphatic carbocycles. The standard InChI is InChI=1S/C19H31N3O/c1-13-10-16(22-11-14(2)23-15(3)12-22)8-9-18(13)21-19-7-5-4-6-17(19)20/h8-10,14-15,17,19,21H,4-7,11-12,20H2,1-3H3. The number of nitrogens with two attached hydrogens (primary N) is 1.